The molecule has 0 aliphatic carbocycles. The number of aryl methyl sites for hydroxylation is 3. The Labute approximate surface area is 115 Å². The van der Waals surface area contributed by atoms with Gasteiger partial charge in [-0.15, -0.1) is 0 Å². The zero-order chi connectivity index (χ0) is 14.3. The number of hydrogen-bond donors (Lipinski definition) is 2. The normalized spacial score (nSPS) is 10.3. The second-order valence-electron chi connectivity index (χ2n) is 4.78. The molecule has 4 nitrogen and oxygen atoms in total. The van der Waals surface area contributed by atoms with Crippen molar-refractivity contribution in [3.8, 4) is 5.75 Å². The summed E-state index contributed by atoms with van der Waals surface area (Å²) in [6.07, 6.45) is 3.35. The minimum atomic E-state index is 0.0369. The fraction of sp³-hybridized carbons (Fsp3) is 0.533. The van der Waals surface area contributed by atoms with Gasteiger partial charge in [-0.2, -0.15) is 0 Å². The number of methoxy groups -OCH3 is 1. The first-order valence-corrected chi connectivity index (χ1v) is 6.68. The number of benzene rings is 1. The fourth-order valence-electron chi connectivity index (χ4n) is 2.32. The first-order chi connectivity index (χ1) is 9.08. The number of nitrogens with one attached hydrogen (secondary N) is 2. The van der Waals surface area contributed by atoms with Gasteiger partial charge in [-0.05, 0) is 44.2 Å². The minimum Gasteiger partial charge on any atom is -0.496 e. The van der Waals surface area contributed by atoms with Crippen molar-refractivity contribution in [3.63, 3.8) is 0 Å². The van der Waals surface area contributed by atoms with E-state index in [1.165, 1.54) is 16.7 Å². The van der Waals surface area contributed by atoms with Crippen LogP contribution in [0.4, 0.5) is 0 Å². The van der Waals surface area contributed by atoms with Crippen LogP contribution < -0.4 is 15.6 Å². The minimum absolute atomic E-state index is 0.0369. The summed E-state index contributed by atoms with van der Waals surface area (Å²) in [5.41, 5.74) is 8.86. The molecule has 0 atom stereocenters. The van der Waals surface area contributed by atoms with Gasteiger partial charge in [0.1, 0.15) is 5.75 Å². The highest BCUT2D eigenvalue weighted by atomic mass is 16.5. The summed E-state index contributed by atoms with van der Waals surface area (Å²) in [6, 6.07) is 4.29. The molecule has 1 amide bonds. The van der Waals surface area contributed by atoms with Gasteiger partial charge in [-0.25, -0.2) is 5.43 Å². The Morgan fingerprint density at radius 1 is 1.26 bits per heavy atom. The third kappa shape index (κ3) is 4.91. The number of amides is 1. The van der Waals surface area contributed by atoms with Crippen LogP contribution in [0.2, 0.25) is 0 Å². The lowest BCUT2D eigenvalue weighted by atomic mass is 10.0. The van der Waals surface area contributed by atoms with Gasteiger partial charge in [-0.1, -0.05) is 17.7 Å². The van der Waals surface area contributed by atoms with Crippen molar-refractivity contribution < 1.29 is 9.53 Å². The van der Waals surface area contributed by atoms with E-state index < -0.39 is 0 Å². The van der Waals surface area contributed by atoms with Gasteiger partial charge in [0.05, 0.1) is 7.11 Å². The molecule has 106 valence electrons. The van der Waals surface area contributed by atoms with E-state index >= 15 is 0 Å². The monoisotopic (exact) mass is 264 g/mol. The number of unbranched alkanes of at least 4 members (excludes halogenated alkanes) is 1. The summed E-state index contributed by atoms with van der Waals surface area (Å²) in [4.78, 5) is 11.3. The summed E-state index contributed by atoms with van der Waals surface area (Å²) in [7, 11) is 3.40. The maximum absolute atomic E-state index is 11.3. The number of hydrazine groups is 1. The lowest BCUT2D eigenvalue weighted by Gasteiger charge is -2.12. The fourth-order valence-corrected chi connectivity index (χ4v) is 2.32. The van der Waals surface area contributed by atoms with Crippen molar-refractivity contribution >= 4 is 5.91 Å². The number of ether oxygens (including phenoxy) is 1. The van der Waals surface area contributed by atoms with Crippen LogP contribution >= 0.6 is 0 Å². The zero-order valence-corrected chi connectivity index (χ0v) is 12.3. The molecular weight excluding hydrogens is 240 g/mol. The van der Waals surface area contributed by atoms with Gasteiger partial charge < -0.3 is 4.74 Å². The zero-order valence-electron chi connectivity index (χ0n) is 12.3. The first-order valence-electron chi connectivity index (χ1n) is 6.68. The van der Waals surface area contributed by atoms with Crippen molar-refractivity contribution in [1.29, 1.82) is 0 Å². The predicted molar refractivity (Wildman–Crippen MR) is 77.2 cm³/mol. The van der Waals surface area contributed by atoms with Gasteiger partial charge in [0, 0.05) is 13.5 Å². The molecule has 1 rings (SSSR count). The van der Waals surface area contributed by atoms with Crippen LogP contribution in [0.1, 0.15) is 36.0 Å². The molecule has 0 aliphatic heterocycles. The molecule has 0 radical (unpaired) electrons. The topological polar surface area (TPSA) is 50.4 Å². The van der Waals surface area contributed by atoms with Crippen molar-refractivity contribution in [1.82, 2.24) is 10.9 Å². The third-order valence-corrected chi connectivity index (χ3v) is 3.06. The summed E-state index contributed by atoms with van der Waals surface area (Å²) < 4.78 is 5.46. The van der Waals surface area contributed by atoms with Crippen LogP contribution in [-0.4, -0.2) is 20.1 Å². The van der Waals surface area contributed by atoms with Crippen LogP contribution in [0.25, 0.3) is 0 Å². The van der Waals surface area contributed by atoms with Crippen LogP contribution in [-0.2, 0) is 11.2 Å². The third-order valence-electron chi connectivity index (χ3n) is 3.06. The smallest absolute Gasteiger partial charge is 0.234 e. The lowest BCUT2D eigenvalue weighted by molar-refractivity contribution is -0.122. The standard InChI is InChI=1S/C15H24N2O2/c1-11-9-12(2)15(19-4)13(10-11)7-5-6-8-14(18)17-16-3/h9-10,16H,5-8H2,1-4H3,(H,17,18). The van der Waals surface area contributed by atoms with Gasteiger partial charge in [-0.3, -0.25) is 10.2 Å². The Morgan fingerprint density at radius 3 is 2.63 bits per heavy atom. The highest BCUT2D eigenvalue weighted by Gasteiger charge is 2.08. The molecule has 1 aromatic rings. The molecule has 0 spiro atoms. The molecule has 4 heteroatoms. The molecule has 0 aromatic heterocycles. The Hall–Kier alpha value is -1.55. The second-order valence-corrected chi connectivity index (χ2v) is 4.78. The summed E-state index contributed by atoms with van der Waals surface area (Å²) in [5, 5.41) is 0. The van der Waals surface area contributed by atoms with Crippen molar-refractivity contribution in [3.05, 3.63) is 28.8 Å². The Balaban J connectivity index is 2.51. The predicted octanol–water partition coefficient (Wildman–Crippen LogP) is 2.28. The van der Waals surface area contributed by atoms with E-state index in [2.05, 4.69) is 36.8 Å². The van der Waals surface area contributed by atoms with E-state index in [1.54, 1.807) is 14.2 Å². The number of carbonyl (C=O) groups excluding carboxylic acids is 1. The summed E-state index contributed by atoms with van der Waals surface area (Å²) in [6.45, 7) is 4.16. The highest BCUT2D eigenvalue weighted by Crippen LogP contribution is 2.26. The number of rotatable bonds is 7. The molecule has 0 fully saturated rings. The maximum atomic E-state index is 11.3. The van der Waals surface area contributed by atoms with Crippen molar-refractivity contribution in [2.45, 2.75) is 39.5 Å². The molecule has 0 saturated carbocycles. The van der Waals surface area contributed by atoms with Gasteiger partial charge in [0.2, 0.25) is 5.91 Å². The second kappa shape index (κ2) is 7.79. The largest absolute Gasteiger partial charge is 0.496 e. The highest BCUT2D eigenvalue weighted by molar-refractivity contribution is 5.75. The average Bonchev–Trinajstić information content (AvgIpc) is 2.34. The van der Waals surface area contributed by atoms with Crippen LogP contribution in [0.15, 0.2) is 12.1 Å². The van der Waals surface area contributed by atoms with E-state index in [0.717, 1.165) is 25.0 Å². The van der Waals surface area contributed by atoms with Gasteiger partial charge in [0.25, 0.3) is 0 Å². The van der Waals surface area contributed by atoms with E-state index in [-0.39, 0.29) is 5.91 Å². The summed E-state index contributed by atoms with van der Waals surface area (Å²) >= 11 is 0. The molecular formula is C15H24N2O2. The Morgan fingerprint density at radius 2 is 2.00 bits per heavy atom. The van der Waals surface area contributed by atoms with Crippen molar-refractivity contribution in [2.75, 3.05) is 14.2 Å². The SMILES string of the molecule is CNNC(=O)CCCCc1cc(C)cc(C)c1OC. The Bertz CT molecular complexity index is 430. The first kappa shape index (κ1) is 15.5. The molecule has 0 saturated heterocycles. The molecule has 0 unspecified atom stereocenters. The van der Waals surface area contributed by atoms with Crippen LogP contribution in [0.5, 0.6) is 5.75 Å². The van der Waals surface area contributed by atoms with Crippen LogP contribution in [0.3, 0.4) is 0 Å². The number of carbonyl (C=O) groups is 1. The number of hydrogen-bond acceptors (Lipinski definition) is 3. The lowest BCUT2D eigenvalue weighted by Crippen LogP contribution is -2.33. The Kier molecular flexibility index (Phi) is 6.36. The molecule has 1 aromatic carbocycles. The average molecular weight is 264 g/mol. The van der Waals surface area contributed by atoms with Gasteiger partial charge >= 0.3 is 0 Å². The summed E-state index contributed by atoms with van der Waals surface area (Å²) in [5.74, 6) is 1.01. The van der Waals surface area contributed by atoms with E-state index in [9.17, 15) is 4.79 Å². The van der Waals surface area contributed by atoms with Crippen LogP contribution in [0, 0.1) is 13.8 Å². The maximum Gasteiger partial charge on any atom is 0.234 e. The molecule has 2 N–H and O–H groups in total. The van der Waals surface area contributed by atoms with Crippen molar-refractivity contribution in [2.24, 2.45) is 0 Å². The molecule has 19 heavy (non-hydrogen) atoms. The quantitative estimate of drug-likeness (QED) is 0.587. The van der Waals surface area contributed by atoms with E-state index in [4.69, 9.17) is 4.74 Å². The van der Waals surface area contributed by atoms with E-state index in [0.29, 0.717) is 6.42 Å². The van der Waals surface area contributed by atoms with Gasteiger partial charge in [0.15, 0.2) is 0 Å². The molecule has 0 aliphatic rings. The molecule has 0 bridgehead atoms. The molecule has 0 heterocycles. The van der Waals surface area contributed by atoms with E-state index in [1.807, 2.05) is 0 Å².